The van der Waals surface area contributed by atoms with Crippen molar-refractivity contribution in [3.63, 3.8) is 0 Å². The smallest absolute Gasteiger partial charge is 0.0486 e. The van der Waals surface area contributed by atoms with Crippen LogP contribution in [-0.4, -0.2) is 11.9 Å². The Morgan fingerprint density at radius 2 is 1.28 bits per heavy atom. The molecule has 0 saturated carbocycles. The van der Waals surface area contributed by atoms with Crippen LogP contribution in [0.4, 0.5) is 0 Å². The molecule has 0 aromatic heterocycles. The molecule has 0 spiro atoms. The quantitative estimate of drug-likeness (QED) is 0.726. The van der Waals surface area contributed by atoms with E-state index in [1.54, 1.807) is 0 Å². The SMILES string of the molecule is CC(C)(C)C(CCCC(=O)[O-])(C(=O)[O-])C(C)(C)C. The van der Waals surface area contributed by atoms with Crippen LogP contribution in [0.25, 0.3) is 0 Å². The summed E-state index contributed by atoms with van der Waals surface area (Å²) in [5.74, 6) is -2.26. The van der Waals surface area contributed by atoms with Crippen molar-refractivity contribution < 1.29 is 19.8 Å². The number of aliphatic carboxylic acids is 2. The lowest BCUT2D eigenvalue weighted by molar-refractivity contribution is -0.333. The summed E-state index contributed by atoms with van der Waals surface area (Å²) in [4.78, 5) is 22.2. The van der Waals surface area contributed by atoms with E-state index < -0.39 is 28.2 Å². The lowest BCUT2D eigenvalue weighted by Crippen LogP contribution is -2.57. The van der Waals surface area contributed by atoms with Crippen molar-refractivity contribution in [2.75, 3.05) is 0 Å². The molecule has 0 amide bonds. The maximum absolute atomic E-state index is 11.7. The molecule has 0 aliphatic rings. The standard InChI is InChI=1S/C14H26O4/c1-12(2,3)14(11(17)18,13(4,5)6)9-7-8-10(15)16/h7-9H2,1-6H3,(H,15,16)(H,17,18)/p-2. The molecular formula is C14H24O4-2. The summed E-state index contributed by atoms with van der Waals surface area (Å²) in [6.45, 7) is 11.1. The fourth-order valence-corrected chi connectivity index (χ4v) is 3.09. The van der Waals surface area contributed by atoms with Crippen LogP contribution in [-0.2, 0) is 9.59 Å². The van der Waals surface area contributed by atoms with Crippen molar-refractivity contribution in [3.8, 4) is 0 Å². The van der Waals surface area contributed by atoms with E-state index in [1.807, 2.05) is 41.5 Å². The summed E-state index contributed by atoms with van der Waals surface area (Å²) in [7, 11) is 0. The molecule has 18 heavy (non-hydrogen) atoms. The van der Waals surface area contributed by atoms with Crippen molar-refractivity contribution in [3.05, 3.63) is 0 Å². The van der Waals surface area contributed by atoms with Gasteiger partial charge in [0, 0.05) is 17.4 Å². The molecule has 0 aliphatic carbocycles. The number of carbonyl (C=O) groups excluding carboxylic acids is 2. The minimum atomic E-state index is -1.15. The van der Waals surface area contributed by atoms with Gasteiger partial charge < -0.3 is 19.8 Å². The number of carboxylic acids is 2. The second-order valence-corrected chi connectivity index (χ2v) is 6.92. The molecule has 0 aliphatic heterocycles. The molecule has 0 aromatic carbocycles. The lowest BCUT2D eigenvalue weighted by Gasteiger charge is -2.54. The summed E-state index contributed by atoms with van der Waals surface area (Å²) in [6.07, 6.45) is 0.433. The Bertz CT molecular complexity index is 304. The molecule has 0 bridgehead atoms. The van der Waals surface area contributed by atoms with Crippen LogP contribution in [0.15, 0.2) is 0 Å². The van der Waals surface area contributed by atoms with Crippen LogP contribution in [0, 0.1) is 16.2 Å². The predicted octanol–water partition coefficient (Wildman–Crippen LogP) is 0.735. The van der Waals surface area contributed by atoms with Crippen LogP contribution in [0.5, 0.6) is 0 Å². The summed E-state index contributed by atoms with van der Waals surface area (Å²) in [5.41, 5.74) is -2.11. The minimum Gasteiger partial charge on any atom is -0.550 e. The number of carbonyl (C=O) groups is 2. The molecule has 0 saturated heterocycles. The molecule has 0 unspecified atom stereocenters. The molecule has 4 heteroatoms. The maximum atomic E-state index is 11.7. The third kappa shape index (κ3) is 3.24. The van der Waals surface area contributed by atoms with E-state index in [0.29, 0.717) is 0 Å². The lowest BCUT2D eigenvalue weighted by atomic mass is 9.52. The van der Waals surface area contributed by atoms with E-state index in [-0.39, 0.29) is 19.3 Å². The van der Waals surface area contributed by atoms with Gasteiger partial charge >= 0.3 is 0 Å². The second-order valence-electron chi connectivity index (χ2n) is 6.92. The van der Waals surface area contributed by atoms with Gasteiger partial charge in [-0.05, 0) is 30.1 Å². The molecule has 0 radical (unpaired) electrons. The topological polar surface area (TPSA) is 80.3 Å². The Labute approximate surface area is 109 Å². The highest BCUT2D eigenvalue weighted by atomic mass is 16.4. The fraction of sp³-hybridized carbons (Fsp3) is 0.857. The normalized spacial score (nSPS) is 13.4. The summed E-state index contributed by atoms with van der Waals surface area (Å²) in [6, 6.07) is 0. The Hall–Kier alpha value is -1.06. The van der Waals surface area contributed by atoms with E-state index in [1.165, 1.54) is 0 Å². The van der Waals surface area contributed by atoms with Crippen LogP contribution >= 0.6 is 0 Å². The van der Waals surface area contributed by atoms with Gasteiger partial charge in [-0.3, -0.25) is 0 Å². The monoisotopic (exact) mass is 256 g/mol. The van der Waals surface area contributed by atoms with Gasteiger partial charge in [0.1, 0.15) is 0 Å². The molecular weight excluding hydrogens is 232 g/mol. The van der Waals surface area contributed by atoms with Crippen LogP contribution in [0.1, 0.15) is 60.8 Å². The van der Waals surface area contributed by atoms with Gasteiger partial charge in [-0.1, -0.05) is 41.5 Å². The third-order valence-corrected chi connectivity index (χ3v) is 3.84. The zero-order valence-electron chi connectivity index (χ0n) is 12.3. The number of hydrogen-bond acceptors (Lipinski definition) is 4. The van der Waals surface area contributed by atoms with E-state index in [2.05, 4.69) is 0 Å². The second kappa shape index (κ2) is 5.29. The van der Waals surface area contributed by atoms with E-state index >= 15 is 0 Å². The molecule has 0 aromatic rings. The molecule has 0 N–H and O–H groups in total. The first-order chi connectivity index (χ1) is 7.86. The van der Waals surface area contributed by atoms with Gasteiger partial charge in [0.2, 0.25) is 0 Å². The van der Waals surface area contributed by atoms with Gasteiger partial charge in [0.15, 0.2) is 0 Å². The van der Waals surface area contributed by atoms with Gasteiger partial charge in [-0.25, -0.2) is 0 Å². The Morgan fingerprint density at radius 1 is 0.889 bits per heavy atom. The number of hydrogen-bond donors (Lipinski definition) is 0. The Morgan fingerprint density at radius 3 is 1.50 bits per heavy atom. The highest BCUT2D eigenvalue weighted by molar-refractivity contribution is 5.75. The maximum Gasteiger partial charge on any atom is 0.0486 e. The Balaban J connectivity index is 5.39. The molecule has 0 heterocycles. The van der Waals surface area contributed by atoms with Gasteiger partial charge in [-0.2, -0.15) is 0 Å². The predicted molar refractivity (Wildman–Crippen MR) is 65.2 cm³/mol. The zero-order chi connectivity index (χ0) is 14.8. The van der Waals surface area contributed by atoms with E-state index in [0.717, 1.165) is 0 Å². The van der Waals surface area contributed by atoms with Gasteiger partial charge in [0.05, 0.1) is 0 Å². The molecule has 106 valence electrons. The summed E-state index contributed by atoms with van der Waals surface area (Å²) < 4.78 is 0. The van der Waals surface area contributed by atoms with Crippen LogP contribution in [0.2, 0.25) is 0 Å². The van der Waals surface area contributed by atoms with Crippen molar-refractivity contribution in [2.24, 2.45) is 16.2 Å². The van der Waals surface area contributed by atoms with Gasteiger partial charge in [-0.15, -0.1) is 0 Å². The molecule has 0 rings (SSSR count). The third-order valence-electron chi connectivity index (χ3n) is 3.84. The average molecular weight is 256 g/mol. The van der Waals surface area contributed by atoms with E-state index in [4.69, 9.17) is 0 Å². The highest BCUT2D eigenvalue weighted by Gasteiger charge is 2.51. The van der Waals surface area contributed by atoms with Crippen molar-refractivity contribution in [1.29, 1.82) is 0 Å². The zero-order valence-corrected chi connectivity index (χ0v) is 12.3. The first kappa shape index (κ1) is 16.9. The van der Waals surface area contributed by atoms with Crippen molar-refractivity contribution in [1.82, 2.24) is 0 Å². The van der Waals surface area contributed by atoms with Crippen molar-refractivity contribution in [2.45, 2.75) is 60.8 Å². The molecule has 0 fully saturated rings. The first-order valence-corrected chi connectivity index (χ1v) is 6.27. The molecule has 0 atom stereocenters. The van der Waals surface area contributed by atoms with E-state index in [9.17, 15) is 19.8 Å². The fourth-order valence-electron chi connectivity index (χ4n) is 3.09. The van der Waals surface area contributed by atoms with Gasteiger partial charge in [0.25, 0.3) is 0 Å². The summed E-state index contributed by atoms with van der Waals surface area (Å²) in [5, 5.41) is 22.2. The first-order valence-electron chi connectivity index (χ1n) is 6.27. The summed E-state index contributed by atoms with van der Waals surface area (Å²) >= 11 is 0. The Kier molecular flexibility index (Phi) is 4.98. The highest BCUT2D eigenvalue weighted by Crippen LogP contribution is 2.54. The van der Waals surface area contributed by atoms with Crippen molar-refractivity contribution >= 4 is 11.9 Å². The van der Waals surface area contributed by atoms with Crippen LogP contribution in [0.3, 0.4) is 0 Å². The van der Waals surface area contributed by atoms with Crippen LogP contribution < -0.4 is 10.2 Å². The minimum absolute atomic E-state index is 0.124. The molecule has 4 nitrogen and oxygen atoms in total. The number of carboxylic acid groups (broad SMARTS) is 2. The number of rotatable bonds is 5. The average Bonchev–Trinajstić information content (AvgIpc) is 2.06. The largest absolute Gasteiger partial charge is 0.550 e.